The number of hydrogen-bond donors (Lipinski definition) is 1. The molecule has 0 bridgehead atoms. The third-order valence-corrected chi connectivity index (χ3v) is 5.02. The Bertz CT molecular complexity index is 570. The topological polar surface area (TPSA) is 66.5 Å². The van der Waals surface area contributed by atoms with Crippen molar-refractivity contribution < 1.29 is 13.2 Å². The van der Waals surface area contributed by atoms with E-state index in [-0.39, 0.29) is 17.7 Å². The number of nitrogens with one attached hydrogen (secondary N) is 1. The Morgan fingerprint density at radius 3 is 2.55 bits per heavy atom. The van der Waals surface area contributed by atoms with Gasteiger partial charge in [-0.2, -0.15) is 0 Å². The standard InChI is InChI=1S/C14H22N2O3S/c1-5-11(3)15-14(17)12-8-7-9-13(10-12)16(4)20(18,19)6-2/h7-11H,5-6H2,1-4H3,(H,15,17)/t11-/m0/s1. The highest BCUT2D eigenvalue weighted by Gasteiger charge is 2.17. The molecule has 1 N–H and O–H groups in total. The van der Waals surface area contributed by atoms with Crippen LogP contribution in [0.3, 0.4) is 0 Å². The zero-order valence-corrected chi connectivity index (χ0v) is 13.2. The van der Waals surface area contributed by atoms with Crippen LogP contribution >= 0.6 is 0 Å². The van der Waals surface area contributed by atoms with Crippen LogP contribution in [0.15, 0.2) is 24.3 Å². The van der Waals surface area contributed by atoms with Crippen molar-refractivity contribution >= 4 is 21.6 Å². The molecule has 0 radical (unpaired) electrons. The third kappa shape index (κ3) is 3.96. The zero-order chi connectivity index (χ0) is 15.3. The molecular formula is C14H22N2O3S. The van der Waals surface area contributed by atoms with E-state index in [1.54, 1.807) is 31.2 Å². The molecular weight excluding hydrogens is 276 g/mol. The summed E-state index contributed by atoms with van der Waals surface area (Å²) < 4.78 is 24.9. The highest BCUT2D eigenvalue weighted by molar-refractivity contribution is 7.92. The van der Waals surface area contributed by atoms with Crippen LogP contribution in [-0.4, -0.2) is 33.2 Å². The van der Waals surface area contributed by atoms with Crippen molar-refractivity contribution in [3.8, 4) is 0 Å². The minimum absolute atomic E-state index is 0.0206. The minimum atomic E-state index is -3.32. The number of hydrogen-bond acceptors (Lipinski definition) is 3. The molecule has 1 rings (SSSR count). The number of sulfonamides is 1. The fourth-order valence-electron chi connectivity index (χ4n) is 1.61. The molecule has 0 spiro atoms. The summed E-state index contributed by atoms with van der Waals surface area (Å²) in [5, 5.41) is 2.86. The van der Waals surface area contributed by atoms with Crippen molar-refractivity contribution in [3.63, 3.8) is 0 Å². The first-order valence-corrected chi connectivity index (χ1v) is 8.30. The summed E-state index contributed by atoms with van der Waals surface area (Å²) in [6.07, 6.45) is 0.843. The molecule has 20 heavy (non-hydrogen) atoms. The molecule has 0 unspecified atom stereocenters. The second kappa shape index (κ2) is 6.74. The van der Waals surface area contributed by atoms with Gasteiger partial charge in [-0.05, 0) is 38.5 Å². The van der Waals surface area contributed by atoms with E-state index in [0.29, 0.717) is 11.3 Å². The van der Waals surface area contributed by atoms with Crippen LogP contribution in [-0.2, 0) is 10.0 Å². The molecule has 1 aromatic carbocycles. The van der Waals surface area contributed by atoms with Gasteiger partial charge in [0.25, 0.3) is 5.91 Å². The van der Waals surface area contributed by atoms with Gasteiger partial charge in [0.15, 0.2) is 0 Å². The highest BCUT2D eigenvalue weighted by Crippen LogP contribution is 2.18. The number of amides is 1. The van der Waals surface area contributed by atoms with Crippen molar-refractivity contribution in [2.24, 2.45) is 0 Å². The summed E-state index contributed by atoms with van der Waals surface area (Å²) in [7, 11) is -1.83. The maximum atomic E-state index is 12.0. The van der Waals surface area contributed by atoms with E-state index in [0.717, 1.165) is 6.42 Å². The Labute approximate surface area is 121 Å². The van der Waals surface area contributed by atoms with E-state index in [1.165, 1.54) is 11.4 Å². The van der Waals surface area contributed by atoms with Crippen molar-refractivity contribution in [1.29, 1.82) is 0 Å². The number of carbonyl (C=O) groups is 1. The predicted molar refractivity (Wildman–Crippen MR) is 81.5 cm³/mol. The quantitative estimate of drug-likeness (QED) is 0.873. The first kappa shape index (κ1) is 16.5. The maximum Gasteiger partial charge on any atom is 0.251 e. The second-order valence-corrected chi connectivity index (χ2v) is 6.99. The van der Waals surface area contributed by atoms with Crippen LogP contribution in [0.4, 0.5) is 5.69 Å². The van der Waals surface area contributed by atoms with Gasteiger partial charge in [-0.3, -0.25) is 9.10 Å². The SMILES string of the molecule is CC[C@H](C)NC(=O)c1cccc(N(C)S(=O)(=O)CC)c1. The van der Waals surface area contributed by atoms with Gasteiger partial charge < -0.3 is 5.32 Å². The Kier molecular flexibility index (Phi) is 5.56. The van der Waals surface area contributed by atoms with Crippen LogP contribution in [0.1, 0.15) is 37.6 Å². The molecule has 0 heterocycles. The zero-order valence-electron chi connectivity index (χ0n) is 12.4. The van der Waals surface area contributed by atoms with Gasteiger partial charge in [0, 0.05) is 18.7 Å². The van der Waals surface area contributed by atoms with Gasteiger partial charge in [0.05, 0.1) is 11.4 Å². The summed E-state index contributed by atoms with van der Waals surface area (Å²) >= 11 is 0. The number of benzene rings is 1. The summed E-state index contributed by atoms with van der Waals surface area (Å²) in [4.78, 5) is 12.0. The van der Waals surface area contributed by atoms with Crippen LogP contribution in [0.25, 0.3) is 0 Å². The minimum Gasteiger partial charge on any atom is -0.350 e. The first-order valence-electron chi connectivity index (χ1n) is 6.69. The molecule has 1 aromatic rings. The number of carbonyl (C=O) groups excluding carboxylic acids is 1. The van der Waals surface area contributed by atoms with E-state index in [9.17, 15) is 13.2 Å². The third-order valence-electron chi connectivity index (χ3n) is 3.24. The number of rotatable bonds is 6. The van der Waals surface area contributed by atoms with Crippen molar-refractivity contribution in [1.82, 2.24) is 5.32 Å². The molecule has 0 saturated heterocycles. The Balaban J connectivity index is 2.99. The molecule has 1 amide bonds. The van der Waals surface area contributed by atoms with Crippen LogP contribution in [0, 0.1) is 0 Å². The highest BCUT2D eigenvalue weighted by atomic mass is 32.2. The van der Waals surface area contributed by atoms with Crippen molar-refractivity contribution in [2.45, 2.75) is 33.2 Å². The average molecular weight is 298 g/mol. The Morgan fingerprint density at radius 1 is 1.35 bits per heavy atom. The lowest BCUT2D eigenvalue weighted by molar-refractivity contribution is 0.0939. The molecule has 0 aliphatic carbocycles. The number of nitrogens with zero attached hydrogens (tertiary/aromatic N) is 1. The monoisotopic (exact) mass is 298 g/mol. The summed E-state index contributed by atoms with van der Waals surface area (Å²) in [6.45, 7) is 5.50. The summed E-state index contributed by atoms with van der Waals surface area (Å²) in [6, 6.07) is 6.71. The molecule has 1 atom stereocenters. The van der Waals surface area contributed by atoms with Gasteiger partial charge in [-0.1, -0.05) is 13.0 Å². The maximum absolute atomic E-state index is 12.0. The smallest absolute Gasteiger partial charge is 0.251 e. The van der Waals surface area contributed by atoms with Crippen molar-refractivity contribution in [2.75, 3.05) is 17.1 Å². The van der Waals surface area contributed by atoms with Crippen LogP contribution in [0.2, 0.25) is 0 Å². The molecule has 112 valence electrons. The normalized spacial score (nSPS) is 12.8. The average Bonchev–Trinajstić information content (AvgIpc) is 2.46. The second-order valence-electron chi connectivity index (χ2n) is 4.70. The Morgan fingerprint density at radius 2 is 2.00 bits per heavy atom. The van der Waals surface area contributed by atoms with Gasteiger partial charge in [0.1, 0.15) is 0 Å². The lowest BCUT2D eigenvalue weighted by atomic mass is 10.1. The molecule has 6 heteroatoms. The van der Waals surface area contributed by atoms with E-state index in [1.807, 2.05) is 13.8 Å². The van der Waals surface area contributed by atoms with Gasteiger partial charge in [-0.15, -0.1) is 0 Å². The van der Waals surface area contributed by atoms with Crippen molar-refractivity contribution in [3.05, 3.63) is 29.8 Å². The first-order chi connectivity index (χ1) is 9.31. The lowest BCUT2D eigenvalue weighted by Crippen LogP contribution is -2.32. The lowest BCUT2D eigenvalue weighted by Gasteiger charge is -2.19. The van der Waals surface area contributed by atoms with Gasteiger partial charge in [0.2, 0.25) is 10.0 Å². The molecule has 5 nitrogen and oxygen atoms in total. The van der Waals surface area contributed by atoms with E-state index >= 15 is 0 Å². The molecule has 0 aromatic heterocycles. The molecule has 0 fully saturated rings. The van der Waals surface area contributed by atoms with E-state index in [4.69, 9.17) is 0 Å². The fourth-order valence-corrected chi connectivity index (χ4v) is 2.43. The van der Waals surface area contributed by atoms with Crippen LogP contribution < -0.4 is 9.62 Å². The largest absolute Gasteiger partial charge is 0.350 e. The van der Waals surface area contributed by atoms with Crippen LogP contribution in [0.5, 0.6) is 0 Å². The number of anilines is 1. The predicted octanol–water partition coefficient (Wildman–Crippen LogP) is 2.00. The molecule has 0 aliphatic heterocycles. The summed E-state index contributed by atoms with van der Waals surface area (Å²) in [5.41, 5.74) is 0.949. The molecule has 0 saturated carbocycles. The van der Waals surface area contributed by atoms with Gasteiger partial charge >= 0.3 is 0 Å². The molecule has 0 aliphatic rings. The Hall–Kier alpha value is -1.56. The van der Waals surface area contributed by atoms with E-state index in [2.05, 4.69) is 5.32 Å². The fraction of sp³-hybridized carbons (Fsp3) is 0.500. The van der Waals surface area contributed by atoms with E-state index < -0.39 is 10.0 Å². The summed E-state index contributed by atoms with van der Waals surface area (Å²) in [5.74, 6) is -0.171. The van der Waals surface area contributed by atoms with Gasteiger partial charge in [-0.25, -0.2) is 8.42 Å².